The quantitative estimate of drug-likeness (QED) is 0.252. The standard InChI is InChI=1S/C22H15N.C12H9N/c1-2-10-17-16(8-1)9-7-15-20(17)23-21-13-5-3-11-18(21)19-12-4-6-14-22(19)23;1-3-7-11-9(5-1)10-6-2-4-8-12(10)13-11/h1-15H;1-8,13H. The van der Waals surface area contributed by atoms with Crippen molar-refractivity contribution in [2.24, 2.45) is 0 Å². The lowest BCUT2D eigenvalue weighted by Crippen LogP contribution is -1.94. The summed E-state index contributed by atoms with van der Waals surface area (Å²) < 4.78 is 2.38. The highest BCUT2D eigenvalue weighted by Gasteiger charge is 2.12. The van der Waals surface area contributed by atoms with Gasteiger partial charge in [0.15, 0.2) is 0 Å². The van der Waals surface area contributed by atoms with Gasteiger partial charge in [0.2, 0.25) is 0 Å². The van der Waals surface area contributed by atoms with Crippen LogP contribution in [-0.2, 0) is 0 Å². The minimum atomic E-state index is 1.21. The summed E-state index contributed by atoms with van der Waals surface area (Å²) in [6, 6.07) is 49.1. The molecule has 1 N–H and O–H groups in total. The van der Waals surface area contributed by atoms with Gasteiger partial charge in [-0.1, -0.05) is 109 Å². The Morgan fingerprint density at radius 2 is 0.806 bits per heavy atom. The van der Waals surface area contributed by atoms with E-state index in [1.807, 2.05) is 0 Å². The third-order valence-electron chi connectivity index (χ3n) is 7.00. The summed E-state index contributed by atoms with van der Waals surface area (Å²) in [6.45, 7) is 0. The van der Waals surface area contributed by atoms with Gasteiger partial charge in [0.25, 0.3) is 0 Å². The number of rotatable bonds is 1. The van der Waals surface area contributed by atoms with E-state index in [-0.39, 0.29) is 0 Å². The van der Waals surface area contributed by atoms with Crippen LogP contribution >= 0.6 is 0 Å². The Labute approximate surface area is 209 Å². The average molecular weight is 461 g/mol. The highest BCUT2D eigenvalue weighted by molar-refractivity contribution is 6.10. The number of para-hydroxylation sites is 4. The van der Waals surface area contributed by atoms with Crippen LogP contribution in [0.1, 0.15) is 0 Å². The molecule has 0 unspecified atom stereocenters. The lowest BCUT2D eigenvalue weighted by atomic mass is 10.1. The SMILES string of the molecule is c1ccc2c(-n3c4ccccc4c4ccccc43)cccc2c1.c1ccc2c(c1)[nH]c1ccccc12. The normalized spacial score (nSPS) is 11.3. The van der Waals surface area contributed by atoms with E-state index >= 15 is 0 Å². The zero-order chi connectivity index (χ0) is 23.9. The van der Waals surface area contributed by atoms with Crippen LogP contribution in [0.4, 0.5) is 0 Å². The molecule has 36 heavy (non-hydrogen) atoms. The molecule has 0 saturated heterocycles. The van der Waals surface area contributed by atoms with Crippen molar-refractivity contribution in [3.63, 3.8) is 0 Å². The van der Waals surface area contributed by atoms with Crippen molar-refractivity contribution >= 4 is 54.4 Å². The van der Waals surface area contributed by atoms with E-state index in [2.05, 4.69) is 149 Å². The van der Waals surface area contributed by atoms with Gasteiger partial charge >= 0.3 is 0 Å². The molecule has 8 rings (SSSR count). The molecule has 0 aliphatic carbocycles. The molecule has 0 radical (unpaired) electrons. The summed E-state index contributed by atoms with van der Waals surface area (Å²) in [5, 5.41) is 7.76. The molecule has 0 amide bonds. The maximum absolute atomic E-state index is 3.38. The molecule has 2 heterocycles. The van der Waals surface area contributed by atoms with Crippen molar-refractivity contribution in [2.45, 2.75) is 0 Å². The molecule has 6 aromatic carbocycles. The van der Waals surface area contributed by atoms with E-state index < -0.39 is 0 Å². The topological polar surface area (TPSA) is 20.7 Å². The number of aromatic amines is 1. The monoisotopic (exact) mass is 460 g/mol. The lowest BCUT2D eigenvalue weighted by molar-refractivity contribution is 1.20. The number of H-pyrrole nitrogens is 1. The number of fused-ring (bicyclic) bond motifs is 7. The summed E-state index contributed by atoms with van der Waals surface area (Å²) in [4.78, 5) is 3.38. The highest BCUT2D eigenvalue weighted by Crippen LogP contribution is 2.34. The minimum Gasteiger partial charge on any atom is -0.355 e. The average Bonchev–Trinajstić information content (AvgIpc) is 3.49. The van der Waals surface area contributed by atoms with Crippen LogP contribution in [0.5, 0.6) is 0 Å². The van der Waals surface area contributed by atoms with Crippen molar-refractivity contribution in [3.8, 4) is 5.69 Å². The van der Waals surface area contributed by atoms with Gasteiger partial charge in [-0.2, -0.15) is 0 Å². The molecule has 170 valence electrons. The first-order valence-corrected chi connectivity index (χ1v) is 12.3. The van der Waals surface area contributed by atoms with Crippen molar-refractivity contribution in [1.82, 2.24) is 9.55 Å². The Hall–Kier alpha value is -4.82. The molecule has 2 heteroatoms. The second-order valence-electron chi connectivity index (χ2n) is 9.08. The van der Waals surface area contributed by atoms with E-state index in [0.717, 1.165) is 0 Å². The highest BCUT2D eigenvalue weighted by atomic mass is 15.0. The molecule has 0 saturated carbocycles. The van der Waals surface area contributed by atoms with Gasteiger partial charge in [-0.3, -0.25) is 0 Å². The van der Waals surface area contributed by atoms with Crippen LogP contribution < -0.4 is 0 Å². The fourth-order valence-corrected chi connectivity index (χ4v) is 5.38. The number of aromatic nitrogens is 2. The predicted octanol–water partition coefficient (Wildman–Crippen LogP) is 9.26. The van der Waals surface area contributed by atoms with Crippen molar-refractivity contribution < 1.29 is 0 Å². The first-order chi connectivity index (χ1) is 17.9. The van der Waals surface area contributed by atoms with Crippen LogP contribution in [0.3, 0.4) is 0 Å². The minimum absolute atomic E-state index is 1.21. The molecular formula is C34H24N2. The molecule has 0 aliphatic heterocycles. The molecule has 2 aromatic heterocycles. The van der Waals surface area contributed by atoms with E-state index in [9.17, 15) is 0 Å². The summed E-state index contributed by atoms with van der Waals surface area (Å²) in [5.41, 5.74) is 6.17. The second-order valence-corrected chi connectivity index (χ2v) is 9.08. The first kappa shape index (κ1) is 20.5. The van der Waals surface area contributed by atoms with Gasteiger partial charge in [0.1, 0.15) is 0 Å². The first-order valence-electron chi connectivity index (χ1n) is 12.3. The summed E-state index contributed by atoms with van der Waals surface area (Å²) >= 11 is 0. The summed E-state index contributed by atoms with van der Waals surface area (Å²) in [7, 11) is 0. The molecule has 2 nitrogen and oxygen atoms in total. The summed E-state index contributed by atoms with van der Waals surface area (Å²) in [5.74, 6) is 0. The number of benzene rings is 6. The van der Waals surface area contributed by atoms with E-state index in [4.69, 9.17) is 0 Å². The smallest absolute Gasteiger partial charge is 0.0541 e. The third kappa shape index (κ3) is 3.27. The molecule has 0 aliphatic rings. The number of hydrogen-bond acceptors (Lipinski definition) is 0. The third-order valence-corrected chi connectivity index (χ3v) is 7.00. The summed E-state index contributed by atoms with van der Waals surface area (Å²) in [6.07, 6.45) is 0. The number of nitrogens with one attached hydrogen (secondary N) is 1. The van der Waals surface area contributed by atoms with Gasteiger partial charge in [-0.25, -0.2) is 0 Å². The van der Waals surface area contributed by atoms with Gasteiger partial charge in [0.05, 0.1) is 16.7 Å². The molecule has 0 atom stereocenters. The Kier molecular flexibility index (Phi) is 4.82. The maximum Gasteiger partial charge on any atom is 0.0541 e. The van der Waals surface area contributed by atoms with Crippen molar-refractivity contribution in [1.29, 1.82) is 0 Å². The molecule has 8 aromatic rings. The van der Waals surface area contributed by atoms with Crippen LogP contribution in [0.15, 0.2) is 140 Å². The van der Waals surface area contributed by atoms with Gasteiger partial charge in [-0.15, -0.1) is 0 Å². The predicted molar refractivity (Wildman–Crippen MR) is 154 cm³/mol. The number of hydrogen-bond donors (Lipinski definition) is 1. The Bertz CT molecular complexity index is 1900. The lowest BCUT2D eigenvalue weighted by Gasteiger charge is -2.11. The molecular weight excluding hydrogens is 436 g/mol. The van der Waals surface area contributed by atoms with E-state index in [1.54, 1.807) is 0 Å². The van der Waals surface area contributed by atoms with Gasteiger partial charge in [0, 0.05) is 38.0 Å². The molecule has 0 bridgehead atoms. The zero-order valence-corrected chi connectivity index (χ0v) is 19.7. The maximum atomic E-state index is 3.38. The Balaban J connectivity index is 0.000000143. The Morgan fingerprint density at radius 3 is 1.42 bits per heavy atom. The van der Waals surface area contributed by atoms with Crippen LogP contribution in [-0.4, -0.2) is 9.55 Å². The van der Waals surface area contributed by atoms with Crippen LogP contribution in [0.2, 0.25) is 0 Å². The largest absolute Gasteiger partial charge is 0.355 e. The molecule has 0 spiro atoms. The van der Waals surface area contributed by atoms with Gasteiger partial charge < -0.3 is 9.55 Å². The molecule has 0 fully saturated rings. The van der Waals surface area contributed by atoms with Crippen molar-refractivity contribution in [2.75, 3.05) is 0 Å². The number of nitrogens with zero attached hydrogens (tertiary/aromatic N) is 1. The van der Waals surface area contributed by atoms with Crippen molar-refractivity contribution in [3.05, 3.63) is 140 Å². The Morgan fingerprint density at radius 1 is 0.361 bits per heavy atom. The fraction of sp³-hybridized carbons (Fsp3) is 0. The van der Waals surface area contributed by atoms with E-state index in [0.29, 0.717) is 0 Å². The van der Waals surface area contributed by atoms with E-state index in [1.165, 1.54) is 60.1 Å². The fourth-order valence-electron chi connectivity index (χ4n) is 5.38. The van der Waals surface area contributed by atoms with Crippen LogP contribution in [0.25, 0.3) is 60.1 Å². The van der Waals surface area contributed by atoms with Gasteiger partial charge in [-0.05, 0) is 35.7 Å². The zero-order valence-electron chi connectivity index (χ0n) is 19.7. The second kappa shape index (κ2) is 8.44. The van der Waals surface area contributed by atoms with Crippen LogP contribution in [0, 0.1) is 0 Å².